The van der Waals surface area contributed by atoms with Gasteiger partial charge in [-0.1, -0.05) is 13.0 Å². The fraction of sp³-hybridized carbons (Fsp3) is 0.222. The fourth-order valence-corrected chi connectivity index (χ4v) is 2.35. The largest absolute Gasteiger partial charge is 0.546 e. The molecule has 0 spiro atoms. The van der Waals surface area contributed by atoms with Crippen molar-refractivity contribution in [2.45, 2.75) is 26.4 Å². The summed E-state index contributed by atoms with van der Waals surface area (Å²) in [4.78, 5) is 23.8. The van der Waals surface area contributed by atoms with Crippen molar-refractivity contribution in [1.82, 2.24) is 0 Å². The number of carboxylic acid groups (broad SMARTS) is 1. The smallest absolute Gasteiger partial charge is 0.235 e. The second-order valence-corrected chi connectivity index (χ2v) is 5.33. The predicted octanol–water partition coefficient (Wildman–Crippen LogP) is 2.13. The first-order valence-corrected chi connectivity index (χ1v) is 7.52. The molecule has 0 amide bonds. The molecule has 0 aliphatic heterocycles. The molecule has 0 aliphatic rings. The van der Waals surface area contributed by atoms with E-state index in [4.69, 9.17) is 13.6 Å². The quantitative estimate of drug-likeness (QED) is 0.713. The molecule has 6 nitrogen and oxygen atoms in total. The van der Waals surface area contributed by atoms with Crippen molar-refractivity contribution < 1.29 is 23.5 Å². The summed E-state index contributed by atoms with van der Waals surface area (Å²) in [5.74, 6) is -1.31. The molecular weight excluding hydrogens is 312 g/mol. The van der Waals surface area contributed by atoms with Gasteiger partial charge in [-0.3, -0.25) is 4.79 Å². The zero-order valence-corrected chi connectivity index (χ0v) is 13.2. The van der Waals surface area contributed by atoms with E-state index in [0.29, 0.717) is 11.0 Å². The number of benzene rings is 1. The van der Waals surface area contributed by atoms with E-state index in [2.05, 4.69) is 0 Å². The van der Waals surface area contributed by atoms with Gasteiger partial charge in [0.05, 0.1) is 17.6 Å². The molecule has 0 saturated heterocycles. The summed E-state index contributed by atoms with van der Waals surface area (Å²) in [5, 5.41) is 11.3. The minimum absolute atomic E-state index is 0.0508. The molecule has 0 aliphatic carbocycles. The first kappa shape index (κ1) is 15.9. The molecular formula is C18H15O6-. The standard InChI is InChI=1S/C18H16O6/c1-3-11-6-7-13-12(9-11)15(19)17(23-10(2)18(20)21)16(24-13)14-5-4-8-22-14/h4-10H,3H2,1-2H3,(H,20,21)/p-1/t10-/m0/s1. The van der Waals surface area contributed by atoms with Gasteiger partial charge >= 0.3 is 0 Å². The van der Waals surface area contributed by atoms with Crippen molar-refractivity contribution in [2.24, 2.45) is 0 Å². The zero-order chi connectivity index (χ0) is 17.3. The van der Waals surface area contributed by atoms with Gasteiger partial charge in [-0.15, -0.1) is 0 Å². The van der Waals surface area contributed by atoms with Gasteiger partial charge in [0.1, 0.15) is 11.7 Å². The van der Waals surface area contributed by atoms with Crippen LogP contribution in [0.15, 0.2) is 50.2 Å². The third-order valence-corrected chi connectivity index (χ3v) is 3.69. The van der Waals surface area contributed by atoms with Crippen molar-refractivity contribution in [3.8, 4) is 17.3 Å². The van der Waals surface area contributed by atoms with Crippen LogP contribution in [0, 0.1) is 0 Å². The number of fused-ring (bicyclic) bond motifs is 1. The van der Waals surface area contributed by atoms with Crippen LogP contribution in [-0.2, 0) is 11.2 Å². The number of ether oxygens (including phenoxy) is 1. The molecule has 1 aromatic carbocycles. The summed E-state index contributed by atoms with van der Waals surface area (Å²) in [6.07, 6.45) is 0.862. The third kappa shape index (κ3) is 2.78. The van der Waals surface area contributed by atoms with E-state index < -0.39 is 17.5 Å². The second-order valence-electron chi connectivity index (χ2n) is 5.33. The van der Waals surface area contributed by atoms with E-state index in [1.54, 1.807) is 24.3 Å². The van der Waals surface area contributed by atoms with Gasteiger partial charge in [-0.25, -0.2) is 0 Å². The third-order valence-electron chi connectivity index (χ3n) is 3.69. The Hall–Kier alpha value is -3.02. The maximum absolute atomic E-state index is 12.8. The van der Waals surface area contributed by atoms with Crippen molar-refractivity contribution in [2.75, 3.05) is 0 Å². The molecule has 124 valence electrons. The van der Waals surface area contributed by atoms with Crippen LogP contribution in [0.25, 0.3) is 22.5 Å². The van der Waals surface area contributed by atoms with Gasteiger partial charge in [-0.05, 0) is 43.2 Å². The lowest BCUT2D eigenvalue weighted by atomic mass is 10.1. The SMILES string of the molecule is CCc1ccc2oc(-c3ccco3)c(O[C@@H](C)C(=O)[O-])c(=O)c2c1. The molecule has 0 unspecified atom stereocenters. The van der Waals surface area contributed by atoms with Crippen LogP contribution in [-0.4, -0.2) is 12.1 Å². The van der Waals surface area contributed by atoms with Crippen LogP contribution in [0.1, 0.15) is 19.4 Å². The number of carbonyl (C=O) groups excluding carboxylic acids is 1. The first-order chi connectivity index (χ1) is 11.5. The molecule has 6 heteroatoms. The Bertz CT molecular complexity index is 936. The summed E-state index contributed by atoms with van der Waals surface area (Å²) in [5.41, 5.74) is 0.877. The minimum Gasteiger partial charge on any atom is -0.546 e. The van der Waals surface area contributed by atoms with E-state index in [-0.39, 0.29) is 17.3 Å². The van der Waals surface area contributed by atoms with Crippen LogP contribution in [0.5, 0.6) is 5.75 Å². The molecule has 0 radical (unpaired) electrons. The summed E-state index contributed by atoms with van der Waals surface area (Å²) in [6.45, 7) is 3.25. The molecule has 0 fully saturated rings. The number of aliphatic carboxylic acids is 1. The maximum atomic E-state index is 12.8. The Labute approximate surface area is 137 Å². The van der Waals surface area contributed by atoms with Gasteiger partial charge in [-0.2, -0.15) is 0 Å². The number of hydrogen-bond donors (Lipinski definition) is 0. The van der Waals surface area contributed by atoms with Gasteiger partial charge in [0.15, 0.2) is 5.76 Å². The second kappa shape index (κ2) is 6.23. The normalized spacial score (nSPS) is 12.2. The number of furan rings is 1. The lowest BCUT2D eigenvalue weighted by Crippen LogP contribution is -2.38. The highest BCUT2D eigenvalue weighted by atomic mass is 16.5. The van der Waals surface area contributed by atoms with Crippen LogP contribution < -0.4 is 15.3 Å². The zero-order valence-electron chi connectivity index (χ0n) is 13.2. The number of aryl methyl sites for hydroxylation is 1. The van der Waals surface area contributed by atoms with Gasteiger partial charge in [0, 0.05) is 0 Å². The van der Waals surface area contributed by atoms with E-state index in [1.165, 1.54) is 13.2 Å². The highest BCUT2D eigenvalue weighted by Gasteiger charge is 2.22. The molecule has 0 bridgehead atoms. The lowest BCUT2D eigenvalue weighted by molar-refractivity contribution is -0.312. The molecule has 2 heterocycles. The summed E-state index contributed by atoms with van der Waals surface area (Å²) < 4.78 is 16.4. The molecule has 3 rings (SSSR count). The molecule has 2 aromatic heterocycles. The van der Waals surface area contributed by atoms with E-state index in [0.717, 1.165) is 12.0 Å². The van der Waals surface area contributed by atoms with Crippen molar-refractivity contribution in [3.63, 3.8) is 0 Å². The molecule has 0 saturated carbocycles. The minimum atomic E-state index is -1.43. The predicted molar refractivity (Wildman–Crippen MR) is 84.7 cm³/mol. The number of carboxylic acids is 1. The van der Waals surface area contributed by atoms with E-state index >= 15 is 0 Å². The van der Waals surface area contributed by atoms with Crippen LogP contribution >= 0.6 is 0 Å². The number of hydrogen-bond acceptors (Lipinski definition) is 6. The molecule has 1 atom stereocenters. The lowest BCUT2D eigenvalue weighted by Gasteiger charge is -2.16. The van der Waals surface area contributed by atoms with Gasteiger partial charge in [0.25, 0.3) is 0 Å². The summed E-state index contributed by atoms with van der Waals surface area (Å²) in [6, 6.07) is 8.51. The maximum Gasteiger partial charge on any atom is 0.235 e. The van der Waals surface area contributed by atoms with Crippen molar-refractivity contribution in [3.05, 3.63) is 52.4 Å². The summed E-state index contributed by atoms with van der Waals surface area (Å²) >= 11 is 0. The summed E-state index contributed by atoms with van der Waals surface area (Å²) in [7, 11) is 0. The van der Waals surface area contributed by atoms with Crippen LogP contribution in [0.3, 0.4) is 0 Å². The van der Waals surface area contributed by atoms with Crippen LogP contribution in [0.2, 0.25) is 0 Å². The molecule has 3 aromatic rings. The first-order valence-electron chi connectivity index (χ1n) is 7.52. The van der Waals surface area contributed by atoms with Crippen molar-refractivity contribution in [1.29, 1.82) is 0 Å². The average Bonchev–Trinajstić information content (AvgIpc) is 3.11. The number of rotatable bonds is 5. The topological polar surface area (TPSA) is 92.7 Å². The Morgan fingerprint density at radius 2 is 2.12 bits per heavy atom. The Balaban J connectivity index is 2.27. The Morgan fingerprint density at radius 1 is 1.33 bits per heavy atom. The highest BCUT2D eigenvalue weighted by Crippen LogP contribution is 2.32. The van der Waals surface area contributed by atoms with Gasteiger partial charge in [0.2, 0.25) is 16.9 Å². The van der Waals surface area contributed by atoms with E-state index in [1.807, 2.05) is 13.0 Å². The Kier molecular flexibility index (Phi) is 4.12. The van der Waals surface area contributed by atoms with Gasteiger partial charge < -0.3 is 23.5 Å². The van der Waals surface area contributed by atoms with Crippen molar-refractivity contribution >= 4 is 16.9 Å². The van der Waals surface area contributed by atoms with E-state index in [9.17, 15) is 14.7 Å². The fourth-order valence-electron chi connectivity index (χ4n) is 2.35. The van der Waals surface area contributed by atoms with Crippen LogP contribution in [0.4, 0.5) is 0 Å². The molecule has 0 N–H and O–H groups in total. The monoisotopic (exact) mass is 327 g/mol. The highest BCUT2D eigenvalue weighted by molar-refractivity contribution is 5.82. The molecule has 24 heavy (non-hydrogen) atoms. The Morgan fingerprint density at radius 3 is 2.75 bits per heavy atom. The average molecular weight is 327 g/mol. The number of carbonyl (C=O) groups is 1.